The number of carbonyl (C=O) groups excluding carboxylic acids is 1. The number of hydrogen-bond acceptors (Lipinski definition) is 3. The van der Waals surface area contributed by atoms with Gasteiger partial charge in [0.15, 0.2) is 5.96 Å². The summed E-state index contributed by atoms with van der Waals surface area (Å²) in [6.07, 6.45) is 6.74. The number of carbonyl (C=O) groups is 1. The van der Waals surface area contributed by atoms with Gasteiger partial charge in [-0.25, -0.2) is 4.99 Å². The second-order valence-corrected chi connectivity index (χ2v) is 7.76. The summed E-state index contributed by atoms with van der Waals surface area (Å²) in [7, 11) is 0. The van der Waals surface area contributed by atoms with Gasteiger partial charge in [0.1, 0.15) is 5.75 Å². The summed E-state index contributed by atoms with van der Waals surface area (Å²) in [5.41, 5.74) is 1.10. The first-order valence-electron chi connectivity index (χ1n) is 10.8. The fourth-order valence-electron chi connectivity index (χ4n) is 3.09. The summed E-state index contributed by atoms with van der Waals surface area (Å²) >= 11 is 0. The Morgan fingerprint density at radius 1 is 1.11 bits per heavy atom. The van der Waals surface area contributed by atoms with E-state index in [9.17, 15) is 4.79 Å². The molecule has 2 aliphatic rings. The van der Waals surface area contributed by atoms with Gasteiger partial charge in [-0.1, -0.05) is 24.6 Å². The molecule has 0 aliphatic heterocycles. The number of amides is 1. The Morgan fingerprint density at radius 3 is 2.61 bits per heavy atom. The highest BCUT2D eigenvalue weighted by Gasteiger charge is 2.24. The minimum Gasteiger partial charge on any atom is -0.493 e. The third-order valence-corrected chi connectivity index (χ3v) is 5.32. The second-order valence-electron chi connectivity index (χ2n) is 7.76. The van der Waals surface area contributed by atoms with Crippen molar-refractivity contribution in [2.75, 3.05) is 26.2 Å². The first kappa shape index (κ1) is 20.5. The van der Waals surface area contributed by atoms with Crippen LogP contribution in [0.4, 0.5) is 0 Å². The van der Waals surface area contributed by atoms with Gasteiger partial charge in [0.05, 0.1) is 13.2 Å². The molecule has 2 saturated carbocycles. The van der Waals surface area contributed by atoms with Crippen LogP contribution in [0, 0.1) is 11.8 Å². The highest BCUT2D eigenvalue weighted by atomic mass is 16.5. The van der Waals surface area contributed by atoms with Gasteiger partial charge in [0, 0.05) is 31.1 Å². The lowest BCUT2D eigenvalue weighted by Crippen LogP contribution is -2.39. The average molecular weight is 387 g/mol. The molecule has 0 saturated heterocycles. The van der Waals surface area contributed by atoms with Crippen LogP contribution in [0.1, 0.15) is 51.0 Å². The van der Waals surface area contributed by atoms with Gasteiger partial charge < -0.3 is 20.7 Å². The molecule has 3 rings (SSSR count). The predicted octanol–water partition coefficient (Wildman–Crippen LogP) is 2.84. The first-order valence-corrected chi connectivity index (χ1v) is 10.8. The Morgan fingerprint density at radius 2 is 1.89 bits per heavy atom. The van der Waals surface area contributed by atoms with E-state index in [1.54, 1.807) is 0 Å². The van der Waals surface area contributed by atoms with E-state index in [4.69, 9.17) is 9.73 Å². The third kappa shape index (κ3) is 6.73. The Hall–Kier alpha value is -2.24. The number of rotatable bonds is 11. The van der Waals surface area contributed by atoms with Crippen LogP contribution >= 0.6 is 0 Å². The van der Waals surface area contributed by atoms with E-state index in [-0.39, 0.29) is 11.8 Å². The molecule has 154 valence electrons. The summed E-state index contributed by atoms with van der Waals surface area (Å²) in [6.45, 7) is 5.74. The zero-order chi connectivity index (χ0) is 19.6. The fraction of sp³-hybridized carbons (Fsp3) is 0.636. The third-order valence-electron chi connectivity index (χ3n) is 5.32. The van der Waals surface area contributed by atoms with Crippen molar-refractivity contribution in [3.05, 3.63) is 29.8 Å². The molecule has 0 bridgehead atoms. The van der Waals surface area contributed by atoms with Crippen LogP contribution in [0.15, 0.2) is 29.3 Å². The van der Waals surface area contributed by atoms with Gasteiger partial charge >= 0.3 is 0 Å². The standard InChI is InChI=1S/C22H34N4O2/c1-2-23-22(25-14-6-13-24-21(27)18-8-5-9-18)26-15-19-7-3-4-10-20(19)28-16-17-11-12-17/h3-4,7,10,17-18H,2,5-6,8-9,11-16H2,1H3,(H,24,27)(H2,23,25,26). The molecule has 2 aliphatic carbocycles. The maximum absolute atomic E-state index is 11.8. The number of nitrogens with zero attached hydrogens (tertiary/aromatic N) is 1. The van der Waals surface area contributed by atoms with Crippen molar-refractivity contribution in [3.8, 4) is 5.75 Å². The van der Waals surface area contributed by atoms with E-state index in [0.717, 1.165) is 62.1 Å². The molecule has 0 heterocycles. The highest BCUT2D eigenvalue weighted by Crippen LogP contribution is 2.30. The number of guanidine groups is 1. The van der Waals surface area contributed by atoms with Crippen molar-refractivity contribution in [1.82, 2.24) is 16.0 Å². The zero-order valence-electron chi connectivity index (χ0n) is 17.0. The number of hydrogen-bond donors (Lipinski definition) is 3. The number of nitrogens with one attached hydrogen (secondary N) is 3. The molecule has 0 radical (unpaired) electrons. The predicted molar refractivity (Wildman–Crippen MR) is 112 cm³/mol. The molecule has 1 aromatic carbocycles. The maximum Gasteiger partial charge on any atom is 0.223 e. The van der Waals surface area contributed by atoms with E-state index in [1.165, 1.54) is 19.3 Å². The van der Waals surface area contributed by atoms with Crippen LogP contribution in [-0.2, 0) is 11.3 Å². The Bertz CT molecular complexity index is 654. The number of para-hydroxylation sites is 1. The second kappa shape index (κ2) is 10.9. The summed E-state index contributed by atoms with van der Waals surface area (Å²) in [6, 6.07) is 8.14. The molecule has 1 aromatic rings. The van der Waals surface area contributed by atoms with Crippen LogP contribution in [0.25, 0.3) is 0 Å². The molecule has 0 atom stereocenters. The van der Waals surface area contributed by atoms with E-state index in [1.807, 2.05) is 18.2 Å². The lowest BCUT2D eigenvalue weighted by Gasteiger charge is -2.24. The largest absolute Gasteiger partial charge is 0.493 e. The maximum atomic E-state index is 11.8. The summed E-state index contributed by atoms with van der Waals surface area (Å²) in [4.78, 5) is 16.5. The average Bonchev–Trinajstić information content (AvgIpc) is 3.47. The molecule has 6 nitrogen and oxygen atoms in total. The SMILES string of the molecule is CCNC(=NCc1ccccc1OCC1CC1)NCCCNC(=O)C1CCC1. The molecule has 28 heavy (non-hydrogen) atoms. The lowest BCUT2D eigenvalue weighted by atomic mass is 9.85. The summed E-state index contributed by atoms with van der Waals surface area (Å²) < 4.78 is 5.97. The van der Waals surface area contributed by atoms with Crippen molar-refractivity contribution in [2.45, 2.75) is 52.0 Å². The lowest BCUT2D eigenvalue weighted by molar-refractivity contribution is -0.127. The van der Waals surface area contributed by atoms with Crippen molar-refractivity contribution >= 4 is 11.9 Å². The summed E-state index contributed by atoms with van der Waals surface area (Å²) in [5.74, 6) is 2.95. The molecule has 0 aromatic heterocycles. The quantitative estimate of drug-likeness (QED) is 0.311. The van der Waals surface area contributed by atoms with Gasteiger partial charge in [0.25, 0.3) is 0 Å². The van der Waals surface area contributed by atoms with Gasteiger partial charge in [-0.05, 0) is 51.0 Å². The highest BCUT2D eigenvalue weighted by molar-refractivity contribution is 5.80. The van der Waals surface area contributed by atoms with Crippen LogP contribution in [0.2, 0.25) is 0 Å². The topological polar surface area (TPSA) is 74.8 Å². The smallest absolute Gasteiger partial charge is 0.223 e. The van der Waals surface area contributed by atoms with E-state index in [0.29, 0.717) is 13.1 Å². The molecular weight excluding hydrogens is 352 g/mol. The van der Waals surface area contributed by atoms with E-state index in [2.05, 4.69) is 28.9 Å². The van der Waals surface area contributed by atoms with Gasteiger partial charge in [0.2, 0.25) is 5.91 Å². The summed E-state index contributed by atoms with van der Waals surface area (Å²) in [5, 5.41) is 9.66. The van der Waals surface area contributed by atoms with Crippen LogP contribution in [-0.4, -0.2) is 38.1 Å². The van der Waals surface area contributed by atoms with Crippen LogP contribution < -0.4 is 20.7 Å². The minimum absolute atomic E-state index is 0.217. The van der Waals surface area contributed by atoms with Crippen LogP contribution in [0.5, 0.6) is 5.75 Å². The molecule has 0 spiro atoms. The molecule has 3 N–H and O–H groups in total. The normalized spacial score (nSPS) is 17.0. The molecule has 0 unspecified atom stereocenters. The molecule has 1 amide bonds. The van der Waals surface area contributed by atoms with Crippen molar-refractivity contribution in [1.29, 1.82) is 0 Å². The number of benzene rings is 1. The minimum atomic E-state index is 0.217. The number of aliphatic imine (C=N–C) groups is 1. The van der Waals surface area contributed by atoms with Gasteiger partial charge in [-0.3, -0.25) is 4.79 Å². The zero-order valence-corrected chi connectivity index (χ0v) is 17.0. The Kier molecular flexibility index (Phi) is 8.00. The van der Waals surface area contributed by atoms with Gasteiger partial charge in [-0.2, -0.15) is 0 Å². The first-order chi connectivity index (χ1) is 13.8. The molecular formula is C22H34N4O2. The van der Waals surface area contributed by atoms with Gasteiger partial charge in [-0.15, -0.1) is 0 Å². The van der Waals surface area contributed by atoms with Crippen LogP contribution in [0.3, 0.4) is 0 Å². The Balaban J connectivity index is 1.41. The van der Waals surface area contributed by atoms with E-state index < -0.39 is 0 Å². The van der Waals surface area contributed by atoms with Crippen molar-refractivity contribution in [3.63, 3.8) is 0 Å². The fourth-order valence-corrected chi connectivity index (χ4v) is 3.09. The Labute approximate surface area is 168 Å². The number of ether oxygens (including phenoxy) is 1. The monoisotopic (exact) mass is 386 g/mol. The van der Waals surface area contributed by atoms with Crippen molar-refractivity contribution < 1.29 is 9.53 Å². The molecule has 2 fully saturated rings. The van der Waals surface area contributed by atoms with Crippen molar-refractivity contribution in [2.24, 2.45) is 16.8 Å². The molecule has 6 heteroatoms. The van der Waals surface area contributed by atoms with E-state index >= 15 is 0 Å².